The van der Waals surface area contributed by atoms with Crippen molar-refractivity contribution in [3.63, 3.8) is 0 Å². The summed E-state index contributed by atoms with van der Waals surface area (Å²) in [5, 5.41) is 14.9. The number of phenolic OH excluding ortho intramolecular Hbond substituents is 1. The third-order valence-electron chi connectivity index (χ3n) is 4.86. The number of nitrogens with zero attached hydrogens (tertiary/aromatic N) is 3. The summed E-state index contributed by atoms with van der Waals surface area (Å²) in [6.07, 6.45) is 1.45. The van der Waals surface area contributed by atoms with Crippen molar-refractivity contribution in [3.8, 4) is 5.75 Å². The molecule has 1 amide bonds. The Labute approximate surface area is 223 Å². The number of hydrazone groups is 1. The van der Waals surface area contributed by atoms with E-state index >= 15 is 0 Å². The van der Waals surface area contributed by atoms with Crippen molar-refractivity contribution >= 4 is 80.1 Å². The van der Waals surface area contributed by atoms with Crippen LogP contribution in [0.5, 0.6) is 5.75 Å². The molecule has 0 radical (unpaired) electrons. The van der Waals surface area contributed by atoms with Crippen LogP contribution >= 0.6 is 56.9 Å². The summed E-state index contributed by atoms with van der Waals surface area (Å²) in [6.45, 7) is 2.74. The standard InChI is InChI=1S/C24H20I2N4O2S/c1-15-6-8-16(9-7-15)13-30-21-5-3-2-4-20(21)28-24(30)33-14-22(31)29-27-12-17-10-18(25)11-19(26)23(17)32/h2-12,32H,13-14H2,1H3,(H,29,31). The highest BCUT2D eigenvalue weighted by Gasteiger charge is 2.13. The van der Waals surface area contributed by atoms with Crippen LogP contribution in [0.2, 0.25) is 0 Å². The number of benzene rings is 3. The van der Waals surface area contributed by atoms with E-state index in [1.54, 1.807) is 6.07 Å². The monoisotopic (exact) mass is 682 g/mol. The van der Waals surface area contributed by atoms with Crippen LogP contribution in [0.4, 0.5) is 0 Å². The second-order valence-electron chi connectivity index (χ2n) is 7.36. The van der Waals surface area contributed by atoms with Gasteiger partial charge in [-0.3, -0.25) is 4.79 Å². The largest absolute Gasteiger partial charge is 0.506 e. The molecule has 0 saturated heterocycles. The minimum Gasteiger partial charge on any atom is -0.506 e. The highest BCUT2D eigenvalue weighted by Crippen LogP contribution is 2.26. The number of hydrogen-bond acceptors (Lipinski definition) is 5. The van der Waals surface area contributed by atoms with Gasteiger partial charge in [0.1, 0.15) is 5.75 Å². The number of aryl methyl sites for hydroxylation is 1. The quantitative estimate of drug-likeness (QED) is 0.116. The Hall–Kier alpha value is -2.12. The molecule has 9 heteroatoms. The fourth-order valence-electron chi connectivity index (χ4n) is 3.21. The molecule has 0 fully saturated rings. The van der Waals surface area contributed by atoms with Crippen molar-refractivity contribution in [2.75, 3.05) is 5.75 Å². The van der Waals surface area contributed by atoms with Gasteiger partial charge in [-0.15, -0.1) is 0 Å². The first kappa shape index (κ1) is 24.0. The second-order valence-corrected chi connectivity index (χ2v) is 10.7. The Balaban J connectivity index is 1.45. The SMILES string of the molecule is Cc1ccc(Cn2c(SCC(=O)NN=Cc3cc(I)cc(I)c3O)nc3ccccc32)cc1. The predicted octanol–water partition coefficient (Wildman–Crippen LogP) is 5.55. The number of imidazole rings is 1. The molecule has 1 heterocycles. The third kappa shape index (κ3) is 6.07. The summed E-state index contributed by atoms with van der Waals surface area (Å²) in [4.78, 5) is 17.1. The number of amides is 1. The minimum atomic E-state index is -0.245. The number of carbonyl (C=O) groups is 1. The zero-order valence-electron chi connectivity index (χ0n) is 17.6. The molecule has 4 rings (SSSR count). The molecule has 1 aromatic heterocycles. The molecule has 3 aromatic carbocycles. The van der Waals surface area contributed by atoms with E-state index in [0.717, 1.165) is 23.3 Å². The molecule has 33 heavy (non-hydrogen) atoms. The molecule has 0 spiro atoms. The van der Waals surface area contributed by atoms with Crippen LogP contribution in [0, 0.1) is 14.1 Å². The number of aromatic hydroxyl groups is 1. The fourth-order valence-corrected chi connectivity index (χ4v) is 5.91. The Kier molecular flexibility index (Phi) is 7.91. The van der Waals surface area contributed by atoms with E-state index in [1.165, 1.54) is 29.1 Å². The van der Waals surface area contributed by atoms with E-state index in [9.17, 15) is 9.90 Å². The summed E-state index contributed by atoms with van der Waals surface area (Å²) in [5.41, 5.74) is 7.41. The maximum absolute atomic E-state index is 12.4. The van der Waals surface area contributed by atoms with E-state index in [2.05, 4.69) is 91.5 Å². The lowest BCUT2D eigenvalue weighted by Gasteiger charge is -2.09. The number of phenols is 1. The maximum Gasteiger partial charge on any atom is 0.250 e. The average Bonchev–Trinajstić information content (AvgIpc) is 3.14. The van der Waals surface area contributed by atoms with Gasteiger partial charge in [0.2, 0.25) is 0 Å². The number of para-hydroxylation sites is 2. The van der Waals surface area contributed by atoms with Crippen LogP contribution in [-0.4, -0.2) is 32.5 Å². The average molecular weight is 682 g/mol. The molecule has 0 aliphatic carbocycles. The van der Waals surface area contributed by atoms with E-state index in [4.69, 9.17) is 4.98 Å². The predicted molar refractivity (Wildman–Crippen MR) is 150 cm³/mol. The lowest BCUT2D eigenvalue weighted by atomic mass is 10.1. The van der Waals surface area contributed by atoms with Gasteiger partial charge in [0, 0.05) is 9.13 Å². The number of carbonyl (C=O) groups excluding carboxylic acids is 1. The molecule has 0 unspecified atom stereocenters. The van der Waals surface area contributed by atoms with Crippen molar-refractivity contribution in [1.29, 1.82) is 0 Å². The number of fused-ring (bicyclic) bond motifs is 1. The van der Waals surface area contributed by atoms with Gasteiger partial charge >= 0.3 is 0 Å². The number of halogens is 2. The Morgan fingerprint density at radius 2 is 1.94 bits per heavy atom. The topological polar surface area (TPSA) is 79.5 Å². The van der Waals surface area contributed by atoms with Crippen molar-refractivity contribution < 1.29 is 9.90 Å². The molecule has 0 bridgehead atoms. The number of thioether (sulfide) groups is 1. The van der Waals surface area contributed by atoms with Gasteiger partial charge in [0.25, 0.3) is 5.91 Å². The number of hydrogen-bond donors (Lipinski definition) is 2. The van der Waals surface area contributed by atoms with Crippen LogP contribution in [0.25, 0.3) is 11.0 Å². The first-order valence-corrected chi connectivity index (χ1v) is 13.2. The van der Waals surface area contributed by atoms with Crippen LogP contribution < -0.4 is 5.43 Å². The lowest BCUT2D eigenvalue weighted by molar-refractivity contribution is -0.118. The molecule has 0 atom stereocenters. The Morgan fingerprint density at radius 3 is 2.73 bits per heavy atom. The number of rotatable bonds is 7. The van der Waals surface area contributed by atoms with Crippen molar-refractivity contribution in [3.05, 3.63) is 84.5 Å². The second kappa shape index (κ2) is 10.9. The third-order valence-corrected chi connectivity index (χ3v) is 7.29. The Morgan fingerprint density at radius 1 is 1.18 bits per heavy atom. The lowest BCUT2D eigenvalue weighted by Crippen LogP contribution is -2.20. The van der Waals surface area contributed by atoms with Crippen LogP contribution in [0.15, 0.2) is 70.9 Å². The van der Waals surface area contributed by atoms with E-state index in [1.807, 2.05) is 30.3 Å². The molecule has 168 valence electrons. The molecule has 6 nitrogen and oxygen atoms in total. The summed E-state index contributed by atoms with van der Waals surface area (Å²) >= 11 is 5.61. The summed E-state index contributed by atoms with van der Waals surface area (Å²) in [7, 11) is 0. The molecular formula is C24H20I2N4O2S. The summed E-state index contributed by atoms with van der Waals surface area (Å²) < 4.78 is 3.84. The van der Waals surface area contributed by atoms with E-state index in [-0.39, 0.29) is 17.4 Å². The Bertz CT molecular complexity index is 1340. The zero-order valence-corrected chi connectivity index (χ0v) is 22.8. The van der Waals surface area contributed by atoms with Gasteiger partial charge in [-0.2, -0.15) is 5.10 Å². The molecular weight excluding hydrogens is 662 g/mol. The molecule has 0 aliphatic rings. The van der Waals surface area contributed by atoms with Gasteiger partial charge in [-0.1, -0.05) is 53.7 Å². The smallest absolute Gasteiger partial charge is 0.250 e. The highest BCUT2D eigenvalue weighted by atomic mass is 127. The van der Waals surface area contributed by atoms with E-state index in [0.29, 0.717) is 12.1 Å². The van der Waals surface area contributed by atoms with Crippen molar-refractivity contribution in [2.45, 2.75) is 18.6 Å². The molecule has 2 N–H and O–H groups in total. The molecule has 4 aromatic rings. The van der Waals surface area contributed by atoms with Gasteiger partial charge < -0.3 is 9.67 Å². The summed E-state index contributed by atoms with van der Waals surface area (Å²) in [6, 6.07) is 20.1. The normalized spacial score (nSPS) is 11.4. The summed E-state index contributed by atoms with van der Waals surface area (Å²) in [5.74, 6) is 0.0722. The van der Waals surface area contributed by atoms with Crippen molar-refractivity contribution in [2.24, 2.45) is 5.10 Å². The van der Waals surface area contributed by atoms with Gasteiger partial charge in [-0.25, -0.2) is 10.4 Å². The van der Waals surface area contributed by atoms with Crippen LogP contribution in [0.3, 0.4) is 0 Å². The number of nitrogens with one attached hydrogen (secondary N) is 1. The first-order chi connectivity index (χ1) is 15.9. The molecule has 0 aliphatic heterocycles. The van der Waals surface area contributed by atoms with Gasteiger partial charge in [0.05, 0.1) is 33.1 Å². The van der Waals surface area contributed by atoms with Gasteiger partial charge in [-0.05, 0) is 81.9 Å². The minimum absolute atomic E-state index is 0.146. The number of aromatic nitrogens is 2. The molecule has 0 saturated carbocycles. The first-order valence-electron chi connectivity index (χ1n) is 10.0. The van der Waals surface area contributed by atoms with Gasteiger partial charge in [0.15, 0.2) is 5.16 Å². The zero-order chi connectivity index (χ0) is 23.4. The van der Waals surface area contributed by atoms with E-state index < -0.39 is 0 Å². The van der Waals surface area contributed by atoms with Crippen LogP contribution in [-0.2, 0) is 11.3 Å². The highest BCUT2D eigenvalue weighted by molar-refractivity contribution is 14.1. The van der Waals surface area contributed by atoms with Crippen LogP contribution in [0.1, 0.15) is 16.7 Å². The maximum atomic E-state index is 12.4. The fraction of sp³-hybridized carbons (Fsp3) is 0.125. The van der Waals surface area contributed by atoms with Crippen molar-refractivity contribution in [1.82, 2.24) is 15.0 Å².